The predicted molar refractivity (Wildman–Crippen MR) is 67.2 cm³/mol. The third-order valence-electron chi connectivity index (χ3n) is 2.53. The molecule has 0 saturated heterocycles. The Labute approximate surface area is 101 Å². The van der Waals surface area contributed by atoms with E-state index in [2.05, 4.69) is 5.10 Å². The van der Waals surface area contributed by atoms with Crippen LogP contribution in [0.5, 0.6) is 11.5 Å². The zero-order valence-corrected chi connectivity index (χ0v) is 9.97. The lowest BCUT2D eigenvalue weighted by Gasteiger charge is -2.04. The average Bonchev–Trinajstić information content (AvgIpc) is 2.80. The van der Waals surface area contributed by atoms with E-state index in [9.17, 15) is 0 Å². The number of nitrogens with zero attached hydrogens (tertiary/aromatic N) is 2. The van der Waals surface area contributed by atoms with Gasteiger partial charge in [-0.1, -0.05) is 12.1 Å². The van der Waals surface area contributed by atoms with Crippen molar-refractivity contribution in [2.45, 2.75) is 19.9 Å². The number of aromatic nitrogens is 2. The number of aryl methyl sites for hydroxylation is 1. The summed E-state index contributed by atoms with van der Waals surface area (Å²) in [5.74, 6) is 1.58. The Balaban J connectivity index is 2.03. The Morgan fingerprint density at radius 2 is 2.00 bits per heavy atom. The fourth-order valence-corrected chi connectivity index (χ4v) is 1.60. The van der Waals surface area contributed by atoms with Gasteiger partial charge in [-0.2, -0.15) is 5.10 Å². The van der Waals surface area contributed by atoms with Gasteiger partial charge in [-0.3, -0.25) is 4.68 Å². The number of rotatable bonds is 5. The highest BCUT2D eigenvalue weighted by molar-refractivity contribution is 5.31. The second-order valence-corrected chi connectivity index (χ2v) is 3.82. The highest BCUT2D eigenvalue weighted by Crippen LogP contribution is 2.20. The molecular weight excluding hydrogens is 214 g/mol. The summed E-state index contributed by atoms with van der Waals surface area (Å²) in [4.78, 5) is 0. The van der Waals surface area contributed by atoms with Crippen LogP contribution in [0.4, 0.5) is 0 Å². The molecule has 2 aromatic rings. The summed E-state index contributed by atoms with van der Waals surface area (Å²) in [5, 5.41) is 4.15. The molecule has 0 bridgehead atoms. The molecule has 0 fully saturated rings. The van der Waals surface area contributed by atoms with Crippen molar-refractivity contribution in [1.82, 2.24) is 9.78 Å². The Kier molecular flexibility index (Phi) is 3.77. The van der Waals surface area contributed by atoms with Gasteiger partial charge in [0.2, 0.25) is 0 Å². The van der Waals surface area contributed by atoms with E-state index in [0.717, 1.165) is 24.5 Å². The normalized spacial score (nSPS) is 10.5. The van der Waals surface area contributed by atoms with Gasteiger partial charge in [0.05, 0.1) is 12.4 Å². The van der Waals surface area contributed by atoms with Crippen molar-refractivity contribution in [1.29, 1.82) is 0 Å². The largest absolute Gasteiger partial charge is 0.454 e. The number of nitrogens with two attached hydrogens (primary N) is 1. The molecule has 2 rings (SSSR count). The van der Waals surface area contributed by atoms with Crippen LogP contribution in [0.1, 0.15) is 12.5 Å². The zero-order chi connectivity index (χ0) is 12.1. The quantitative estimate of drug-likeness (QED) is 0.858. The van der Waals surface area contributed by atoms with Crippen molar-refractivity contribution in [3.8, 4) is 11.5 Å². The molecule has 0 aliphatic carbocycles. The van der Waals surface area contributed by atoms with Crippen LogP contribution in [0.25, 0.3) is 0 Å². The van der Waals surface area contributed by atoms with E-state index in [0.29, 0.717) is 6.54 Å². The van der Waals surface area contributed by atoms with Gasteiger partial charge in [-0.25, -0.2) is 0 Å². The van der Waals surface area contributed by atoms with E-state index < -0.39 is 0 Å². The molecule has 4 nitrogen and oxygen atoms in total. The second kappa shape index (κ2) is 5.50. The predicted octanol–water partition coefficient (Wildman–Crippen LogP) is 2.20. The standard InChI is InChI=1S/C13H17N3O/c1-2-16-10-13(9-15-16)17-12-5-3-11(4-6-12)7-8-14/h3-6,9-10H,2,7-8,14H2,1H3. The van der Waals surface area contributed by atoms with Crippen molar-refractivity contribution in [2.75, 3.05) is 6.54 Å². The molecule has 0 unspecified atom stereocenters. The molecule has 1 heterocycles. The molecule has 0 spiro atoms. The first kappa shape index (κ1) is 11.7. The van der Waals surface area contributed by atoms with Gasteiger partial charge < -0.3 is 10.5 Å². The summed E-state index contributed by atoms with van der Waals surface area (Å²) in [6.07, 6.45) is 4.50. The summed E-state index contributed by atoms with van der Waals surface area (Å²) in [7, 11) is 0. The molecular formula is C13H17N3O. The van der Waals surface area contributed by atoms with Crippen LogP contribution >= 0.6 is 0 Å². The Morgan fingerprint density at radius 3 is 2.59 bits per heavy atom. The third-order valence-corrected chi connectivity index (χ3v) is 2.53. The van der Waals surface area contributed by atoms with Crippen molar-refractivity contribution in [3.05, 3.63) is 42.2 Å². The van der Waals surface area contributed by atoms with Crippen molar-refractivity contribution in [2.24, 2.45) is 5.73 Å². The smallest absolute Gasteiger partial charge is 0.165 e. The molecule has 0 aliphatic rings. The van der Waals surface area contributed by atoms with Crippen molar-refractivity contribution < 1.29 is 4.74 Å². The average molecular weight is 231 g/mol. The number of benzene rings is 1. The van der Waals surface area contributed by atoms with Gasteiger partial charge in [-0.05, 0) is 37.6 Å². The molecule has 0 atom stereocenters. The first-order chi connectivity index (χ1) is 8.31. The molecule has 17 heavy (non-hydrogen) atoms. The summed E-state index contributed by atoms with van der Waals surface area (Å²) in [6, 6.07) is 7.97. The van der Waals surface area contributed by atoms with E-state index >= 15 is 0 Å². The van der Waals surface area contributed by atoms with Crippen LogP contribution < -0.4 is 10.5 Å². The van der Waals surface area contributed by atoms with Gasteiger partial charge in [0.25, 0.3) is 0 Å². The van der Waals surface area contributed by atoms with Crippen LogP contribution in [0.2, 0.25) is 0 Å². The van der Waals surface area contributed by atoms with E-state index in [1.54, 1.807) is 6.20 Å². The van der Waals surface area contributed by atoms with Gasteiger partial charge in [-0.15, -0.1) is 0 Å². The summed E-state index contributed by atoms with van der Waals surface area (Å²) < 4.78 is 7.51. The van der Waals surface area contributed by atoms with Crippen molar-refractivity contribution in [3.63, 3.8) is 0 Å². The summed E-state index contributed by atoms with van der Waals surface area (Å²) in [5.41, 5.74) is 6.72. The molecule has 1 aromatic carbocycles. The maximum absolute atomic E-state index is 5.68. The Hall–Kier alpha value is -1.81. The maximum Gasteiger partial charge on any atom is 0.165 e. The Morgan fingerprint density at radius 1 is 1.24 bits per heavy atom. The van der Waals surface area contributed by atoms with Gasteiger partial charge in [0.1, 0.15) is 5.75 Å². The molecule has 4 heteroatoms. The number of hydrogen-bond donors (Lipinski definition) is 1. The van der Waals surface area contributed by atoms with Crippen LogP contribution in [0, 0.1) is 0 Å². The fraction of sp³-hybridized carbons (Fsp3) is 0.308. The summed E-state index contributed by atoms with van der Waals surface area (Å²) in [6.45, 7) is 3.56. The fourth-order valence-electron chi connectivity index (χ4n) is 1.60. The SMILES string of the molecule is CCn1cc(Oc2ccc(CCN)cc2)cn1. The third kappa shape index (κ3) is 3.07. The lowest BCUT2D eigenvalue weighted by Crippen LogP contribution is -2.02. The molecule has 0 radical (unpaired) electrons. The lowest BCUT2D eigenvalue weighted by molar-refractivity contribution is 0.481. The van der Waals surface area contributed by atoms with E-state index in [1.807, 2.05) is 42.1 Å². The lowest BCUT2D eigenvalue weighted by atomic mass is 10.1. The minimum absolute atomic E-state index is 0.670. The van der Waals surface area contributed by atoms with Gasteiger partial charge >= 0.3 is 0 Å². The molecule has 0 saturated carbocycles. The minimum Gasteiger partial charge on any atom is -0.454 e. The highest BCUT2D eigenvalue weighted by atomic mass is 16.5. The maximum atomic E-state index is 5.68. The van der Waals surface area contributed by atoms with Crippen LogP contribution in [0.3, 0.4) is 0 Å². The molecule has 1 aromatic heterocycles. The number of hydrogen-bond acceptors (Lipinski definition) is 3. The van der Waals surface area contributed by atoms with Crippen molar-refractivity contribution >= 4 is 0 Å². The summed E-state index contributed by atoms with van der Waals surface area (Å²) >= 11 is 0. The topological polar surface area (TPSA) is 53.1 Å². The first-order valence-electron chi connectivity index (χ1n) is 5.81. The highest BCUT2D eigenvalue weighted by Gasteiger charge is 2.00. The van der Waals surface area contributed by atoms with Gasteiger partial charge in [0.15, 0.2) is 5.75 Å². The van der Waals surface area contributed by atoms with E-state index in [-0.39, 0.29) is 0 Å². The van der Waals surface area contributed by atoms with E-state index in [4.69, 9.17) is 10.5 Å². The Bertz CT molecular complexity index is 462. The van der Waals surface area contributed by atoms with E-state index in [1.165, 1.54) is 5.56 Å². The molecule has 2 N–H and O–H groups in total. The molecule has 90 valence electrons. The number of ether oxygens (including phenoxy) is 1. The van der Waals surface area contributed by atoms with Gasteiger partial charge in [0, 0.05) is 6.54 Å². The second-order valence-electron chi connectivity index (χ2n) is 3.82. The minimum atomic E-state index is 0.670. The molecule has 0 amide bonds. The van der Waals surface area contributed by atoms with Crippen LogP contribution in [-0.4, -0.2) is 16.3 Å². The molecule has 0 aliphatic heterocycles. The zero-order valence-electron chi connectivity index (χ0n) is 9.97. The first-order valence-corrected chi connectivity index (χ1v) is 5.81. The van der Waals surface area contributed by atoms with Crippen LogP contribution in [0.15, 0.2) is 36.7 Å². The van der Waals surface area contributed by atoms with Crippen LogP contribution in [-0.2, 0) is 13.0 Å². The monoisotopic (exact) mass is 231 g/mol.